The fraction of sp³-hybridized carbons (Fsp3) is 0.545. The van der Waals surface area contributed by atoms with E-state index in [1.165, 1.54) is 12.3 Å². The van der Waals surface area contributed by atoms with Crippen molar-refractivity contribution in [2.75, 3.05) is 11.9 Å². The summed E-state index contributed by atoms with van der Waals surface area (Å²) in [6.45, 7) is 4.91. The van der Waals surface area contributed by atoms with Gasteiger partial charge in [-0.15, -0.1) is 11.6 Å². The van der Waals surface area contributed by atoms with Gasteiger partial charge < -0.3 is 5.32 Å². The van der Waals surface area contributed by atoms with Crippen molar-refractivity contribution in [2.24, 2.45) is 5.92 Å². The molecule has 2 nitrogen and oxygen atoms in total. The molecule has 4 heteroatoms. The Kier molecular flexibility index (Phi) is 4.82. The Morgan fingerprint density at radius 3 is 2.73 bits per heavy atom. The van der Waals surface area contributed by atoms with Gasteiger partial charge in [0.15, 0.2) is 0 Å². The van der Waals surface area contributed by atoms with E-state index in [1.54, 1.807) is 6.07 Å². The average Bonchev–Trinajstić information content (AvgIpc) is 2.16. The van der Waals surface area contributed by atoms with Gasteiger partial charge >= 0.3 is 0 Å². The third-order valence-electron chi connectivity index (χ3n) is 1.96. The summed E-state index contributed by atoms with van der Waals surface area (Å²) in [6, 6.07) is 2.98. The third kappa shape index (κ3) is 4.98. The van der Waals surface area contributed by atoms with Crippen molar-refractivity contribution < 1.29 is 4.39 Å². The summed E-state index contributed by atoms with van der Waals surface area (Å²) in [4.78, 5) is 3.88. The molecule has 1 rings (SSSR count). The molecule has 84 valence electrons. The van der Waals surface area contributed by atoms with Crippen molar-refractivity contribution in [1.82, 2.24) is 4.98 Å². The number of halogens is 2. The summed E-state index contributed by atoms with van der Waals surface area (Å²) in [5.41, 5.74) is 0. The number of aromatic nitrogens is 1. The zero-order valence-corrected chi connectivity index (χ0v) is 9.76. The Balaban J connectivity index is 2.33. The van der Waals surface area contributed by atoms with Gasteiger partial charge in [-0.25, -0.2) is 9.37 Å². The highest BCUT2D eigenvalue weighted by Gasteiger charge is 2.07. The first kappa shape index (κ1) is 12.2. The minimum Gasteiger partial charge on any atom is -0.369 e. The predicted octanol–water partition coefficient (Wildman–Crippen LogP) is 3.29. The fourth-order valence-electron chi connectivity index (χ4n) is 1.29. The van der Waals surface area contributed by atoms with Crippen molar-refractivity contribution in [3.05, 3.63) is 24.1 Å². The average molecular weight is 231 g/mol. The molecule has 0 aliphatic carbocycles. The van der Waals surface area contributed by atoms with Crippen LogP contribution < -0.4 is 5.32 Å². The summed E-state index contributed by atoms with van der Waals surface area (Å²) < 4.78 is 12.5. The number of rotatable bonds is 5. The van der Waals surface area contributed by atoms with E-state index in [-0.39, 0.29) is 11.2 Å². The molecule has 1 heterocycles. The highest BCUT2D eigenvalue weighted by atomic mass is 35.5. The number of alkyl halides is 1. The molecule has 1 aromatic heterocycles. The maximum absolute atomic E-state index is 12.5. The molecule has 0 aliphatic rings. The van der Waals surface area contributed by atoms with Crippen LogP contribution in [0.1, 0.15) is 20.3 Å². The minimum atomic E-state index is -0.329. The van der Waals surface area contributed by atoms with Crippen LogP contribution in [0.5, 0.6) is 0 Å². The van der Waals surface area contributed by atoms with Gasteiger partial charge in [-0.05, 0) is 24.5 Å². The molecule has 1 aromatic rings. The molecular formula is C11H16ClFN2. The minimum absolute atomic E-state index is 0.0804. The number of hydrogen-bond acceptors (Lipinski definition) is 2. The van der Waals surface area contributed by atoms with Crippen LogP contribution in [-0.4, -0.2) is 16.9 Å². The topological polar surface area (TPSA) is 24.9 Å². The van der Waals surface area contributed by atoms with E-state index in [0.717, 1.165) is 6.42 Å². The van der Waals surface area contributed by atoms with Gasteiger partial charge in [0.2, 0.25) is 0 Å². The Hall–Kier alpha value is -0.830. The van der Waals surface area contributed by atoms with Crippen molar-refractivity contribution in [3.63, 3.8) is 0 Å². The van der Waals surface area contributed by atoms with Crippen LogP contribution in [0.4, 0.5) is 10.2 Å². The standard InChI is InChI=1S/C11H16ClFN2/c1-8(2)5-9(12)6-14-11-4-3-10(13)7-15-11/h3-4,7-9H,5-6H2,1-2H3,(H,14,15). The van der Waals surface area contributed by atoms with E-state index in [0.29, 0.717) is 18.3 Å². The number of pyridine rings is 1. The SMILES string of the molecule is CC(C)CC(Cl)CNc1ccc(F)cn1. The molecule has 0 bridgehead atoms. The summed E-state index contributed by atoms with van der Waals surface area (Å²) in [7, 11) is 0. The van der Waals surface area contributed by atoms with Crippen LogP contribution in [-0.2, 0) is 0 Å². The van der Waals surface area contributed by atoms with Crippen LogP contribution in [0, 0.1) is 11.7 Å². The molecule has 0 saturated heterocycles. The van der Waals surface area contributed by atoms with Crippen molar-refractivity contribution in [3.8, 4) is 0 Å². The van der Waals surface area contributed by atoms with Gasteiger partial charge in [0.25, 0.3) is 0 Å². The zero-order valence-electron chi connectivity index (χ0n) is 9.00. The van der Waals surface area contributed by atoms with Crippen molar-refractivity contribution >= 4 is 17.4 Å². The highest BCUT2D eigenvalue weighted by molar-refractivity contribution is 6.20. The lowest BCUT2D eigenvalue weighted by Crippen LogP contribution is -2.16. The molecular weight excluding hydrogens is 215 g/mol. The number of anilines is 1. The van der Waals surface area contributed by atoms with Gasteiger partial charge in [0.1, 0.15) is 11.6 Å². The molecule has 15 heavy (non-hydrogen) atoms. The molecule has 0 aliphatic heterocycles. The Morgan fingerprint density at radius 2 is 2.20 bits per heavy atom. The van der Waals surface area contributed by atoms with E-state index in [4.69, 9.17) is 11.6 Å². The molecule has 0 aromatic carbocycles. The van der Waals surface area contributed by atoms with Crippen LogP contribution >= 0.6 is 11.6 Å². The second-order valence-electron chi connectivity index (χ2n) is 3.97. The second kappa shape index (κ2) is 5.91. The number of nitrogens with zero attached hydrogens (tertiary/aromatic N) is 1. The molecule has 0 amide bonds. The van der Waals surface area contributed by atoms with E-state index < -0.39 is 0 Å². The summed E-state index contributed by atoms with van der Waals surface area (Å²) in [5.74, 6) is 0.909. The maximum Gasteiger partial charge on any atom is 0.141 e. The molecule has 0 spiro atoms. The van der Waals surface area contributed by atoms with Gasteiger partial charge in [0.05, 0.1) is 11.6 Å². The first-order chi connectivity index (χ1) is 7.08. The quantitative estimate of drug-likeness (QED) is 0.786. The highest BCUT2D eigenvalue weighted by Crippen LogP contribution is 2.11. The van der Waals surface area contributed by atoms with Crippen LogP contribution in [0.3, 0.4) is 0 Å². The lowest BCUT2D eigenvalue weighted by atomic mass is 10.1. The van der Waals surface area contributed by atoms with Gasteiger partial charge in [-0.2, -0.15) is 0 Å². The van der Waals surface area contributed by atoms with Crippen molar-refractivity contribution in [1.29, 1.82) is 0 Å². The third-order valence-corrected chi connectivity index (χ3v) is 2.29. The van der Waals surface area contributed by atoms with E-state index >= 15 is 0 Å². The molecule has 1 N–H and O–H groups in total. The van der Waals surface area contributed by atoms with E-state index in [1.807, 2.05) is 0 Å². The largest absolute Gasteiger partial charge is 0.369 e. The van der Waals surface area contributed by atoms with Crippen molar-refractivity contribution in [2.45, 2.75) is 25.6 Å². The first-order valence-corrected chi connectivity index (χ1v) is 5.51. The zero-order chi connectivity index (χ0) is 11.3. The first-order valence-electron chi connectivity index (χ1n) is 5.07. The van der Waals surface area contributed by atoms with Crippen LogP contribution in [0.25, 0.3) is 0 Å². The summed E-state index contributed by atoms with van der Waals surface area (Å²) >= 11 is 6.09. The molecule has 0 radical (unpaired) electrons. The fourth-order valence-corrected chi connectivity index (χ4v) is 1.72. The molecule has 0 fully saturated rings. The van der Waals surface area contributed by atoms with Gasteiger partial charge in [-0.1, -0.05) is 13.8 Å². The maximum atomic E-state index is 12.5. The van der Waals surface area contributed by atoms with Crippen LogP contribution in [0.15, 0.2) is 18.3 Å². The summed E-state index contributed by atoms with van der Waals surface area (Å²) in [5, 5.41) is 3.15. The van der Waals surface area contributed by atoms with E-state index in [2.05, 4.69) is 24.1 Å². The van der Waals surface area contributed by atoms with E-state index in [9.17, 15) is 4.39 Å². The lowest BCUT2D eigenvalue weighted by Gasteiger charge is -2.13. The summed E-state index contributed by atoms with van der Waals surface area (Å²) in [6.07, 6.45) is 2.14. The van der Waals surface area contributed by atoms with Gasteiger partial charge in [0, 0.05) is 6.54 Å². The molecule has 0 saturated carbocycles. The number of nitrogens with one attached hydrogen (secondary N) is 1. The second-order valence-corrected chi connectivity index (χ2v) is 4.59. The lowest BCUT2D eigenvalue weighted by molar-refractivity contribution is 0.572. The normalized spacial score (nSPS) is 12.9. The predicted molar refractivity (Wildman–Crippen MR) is 61.8 cm³/mol. The van der Waals surface area contributed by atoms with Crippen LogP contribution in [0.2, 0.25) is 0 Å². The molecule has 1 unspecified atom stereocenters. The monoisotopic (exact) mass is 230 g/mol. The Morgan fingerprint density at radius 1 is 1.47 bits per heavy atom. The molecule has 1 atom stereocenters. The van der Waals surface area contributed by atoms with Gasteiger partial charge in [-0.3, -0.25) is 0 Å². The Labute approximate surface area is 94.9 Å². The Bertz CT molecular complexity index is 287. The number of hydrogen-bond donors (Lipinski definition) is 1. The smallest absolute Gasteiger partial charge is 0.141 e.